The maximum atomic E-state index is 13.0. The van der Waals surface area contributed by atoms with Crippen LogP contribution in [0, 0.1) is 5.82 Å². The highest BCUT2D eigenvalue weighted by Crippen LogP contribution is 2.19. The minimum absolute atomic E-state index is 0.0603. The number of rotatable bonds is 7. The Labute approximate surface area is 107 Å². The largest absolute Gasteiger partial charge is 0.490 e. The molecule has 0 spiro atoms. The Balaban J connectivity index is 2.47. The van der Waals surface area contributed by atoms with Crippen LogP contribution in [-0.2, 0) is 11.3 Å². The number of hydrogen-bond acceptors (Lipinski definition) is 4. The molecule has 0 aliphatic heterocycles. The van der Waals surface area contributed by atoms with Crippen LogP contribution in [0.3, 0.4) is 0 Å². The van der Waals surface area contributed by atoms with Crippen molar-refractivity contribution in [2.45, 2.75) is 32.6 Å². The Morgan fingerprint density at radius 3 is 2.67 bits per heavy atom. The van der Waals surface area contributed by atoms with Crippen LogP contribution in [0.5, 0.6) is 5.75 Å². The summed E-state index contributed by atoms with van der Waals surface area (Å²) in [6, 6.07) is 4.13. The first-order chi connectivity index (χ1) is 8.52. The molecule has 0 aliphatic rings. The molecule has 0 radical (unpaired) electrons. The van der Waals surface area contributed by atoms with Crippen LogP contribution < -0.4 is 10.5 Å². The molecule has 5 heteroatoms. The summed E-state index contributed by atoms with van der Waals surface area (Å²) in [5.74, 6) is 0.133. The molecule has 0 fully saturated rings. The van der Waals surface area contributed by atoms with Gasteiger partial charge in [0, 0.05) is 12.1 Å². The van der Waals surface area contributed by atoms with Gasteiger partial charge in [0.2, 0.25) is 0 Å². The fourth-order valence-corrected chi connectivity index (χ4v) is 1.39. The molecule has 0 saturated heterocycles. The second-order valence-corrected chi connectivity index (χ2v) is 4.30. The van der Waals surface area contributed by atoms with Crippen molar-refractivity contribution >= 4 is 0 Å². The summed E-state index contributed by atoms with van der Waals surface area (Å²) in [5.41, 5.74) is 6.07. The molecule has 1 aromatic rings. The average molecular weight is 257 g/mol. The maximum Gasteiger partial charge on any atom is 0.124 e. The third kappa shape index (κ3) is 5.00. The second kappa shape index (κ2) is 7.31. The van der Waals surface area contributed by atoms with Crippen molar-refractivity contribution in [1.82, 2.24) is 0 Å². The third-order valence-corrected chi connectivity index (χ3v) is 2.30. The Morgan fingerprint density at radius 1 is 1.33 bits per heavy atom. The van der Waals surface area contributed by atoms with Crippen molar-refractivity contribution in [3.05, 3.63) is 29.6 Å². The van der Waals surface area contributed by atoms with Crippen LogP contribution in [0.15, 0.2) is 18.2 Å². The van der Waals surface area contributed by atoms with E-state index in [-0.39, 0.29) is 31.7 Å². The maximum absolute atomic E-state index is 13.0. The number of nitrogens with two attached hydrogens (primary N) is 1. The van der Waals surface area contributed by atoms with E-state index in [0.717, 1.165) is 0 Å². The molecule has 102 valence electrons. The van der Waals surface area contributed by atoms with Crippen LogP contribution in [0.1, 0.15) is 19.4 Å². The van der Waals surface area contributed by atoms with Gasteiger partial charge < -0.3 is 20.3 Å². The molecule has 1 atom stereocenters. The third-order valence-electron chi connectivity index (χ3n) is 2.30. The molecule has 3 N–H and O–H groups in total. The minimum Gasteiger partial charge on any atom is -0.490 e. The van der Waals surface area contributed by atoms with Crippen molar-refractivity contribution in [3.63, 3.8) is 0 Å². The summed E-state index contributed by atoms with van der Waals surface area (Å²) in [5, 5.41) is 9.62. The average Bonchev–Trinajstić information content (AvgIpc) is 2.34. The van der Waals surface area contributed by atoms with Crippen LogP contribution in [0.2, 0.25) is 0 Å². The fourth-order valence-electron chi connectivity index (χ4n) is 1.39. The van der Waals surface area contributed by atoms with Crippen molar-refractivity contribution in [2.24, 2.45) is 5.73 Å². The molecule has 1 aromatic carbocycles. The van der Waals surface area contributed by atoms with E-state index in [2.05, 4.69) is 0 Å². The van der Waals surface area contributed by atoms with Crippen molar-refractivity contribution in [1.29, 1.82) is 0 Å². The van der Waals surface area contributed by atoms with Crippen molar-refractivity contribution in [2.75, 3.05) is 13.2 Å². The summed E-state index contributed by atoms with van der Waals surface area (Å²) < 4.78 is 23.6. The topological polar surface area (TPSA) is 64.7 Å². The number of ether oxygens (including phenoxy) is 2. The minimum atomic E-state index is -0.719. The van der Waals surface area contributed by atoms with Gasteiger partial charge in [-0.15, -0.1) is 0 Å². The lowest BCUT2D eigenvalue weighted by Gasteiger charge is -2.16. The Kier molecular flexibility index (Phi) is 6.04. The Hall–Kier alpha value is -1.17. The van der Waals surface area contributed by atoms with Crippen LogP contribution in [-0.4, -0.2) is 30.5 Å². The predicted octanol–water partition coefficient (Wildman–Crippen LogP) is 1.45. The summed E-state index contributed by atoms with van der Waals surface area (Å²) in [4.78, 5) is 0. The molecule has 0 bridgehead atoms. The SMILES string of the molecule is CC(C)OCC(O)COc1ccc(F)cc1CN. The van der Waals surface area contributed by atoms with Gasteiger partial charge in [-0.2, -0.15) is 0 Å². The van der Waals surface area contributed by atoms with E-state index in [1.54, 1.807) is 0 Å². The molecule has 18 heavy (non-hydrogen) atoms. The zero-order valence-corrected chi connectivity index (χ0v) is 10.7. The number of halogens is 1. The molecule has 0 saturated carbocycles. The highest BCUT2D eigenvalue weighted by molar-refractivity contribution is 5.33. The van der Waals surface area contributed by atoms with Gasteiger partial charge in [-0.3, -0.25) is 0 Å². The van der Waals surface area contributed by atoms with E-state index in [4.69, 9.17) is 15.2 Å². The standard InChI is InChI=1S/C13H20FNO3/c1-9(2)17-7-12(16)8-18-13-4-3-11(14)5-10(13)6-15/h3-5,9,12,16H,6-8,15H2,1-2H3. The summed E-state index contributed by atoms with van der Waals surface area (Å²) in [6.07, 6.45) is -0.659. The van der Waals surface area contributed by atoms with Crippen LogP contribution in [0.4, 0.5) is 4.39 Å². The Bertz CT molecular complexity index is 371. The second-order valence-electron chi connectivity index (χ2n) is 4.30. The van der Waals surface area contributed by atoms with E-state index in [9.17, 15) is 9.50 Å². The zero-order chi connectivity index (χ0) is 13.5. The smallest absolute Gasteiger partial charge is 0.124 e. The van der Waals surface area contributed by atoms with Crippen LogP contribution >= 0.6 is 0 Å². The number of benzene rings is 1. The summed E-state index contributed by atoms with van der Waals surface area (Å²) >= 11 is 0. The molecular weight excluding hydrogens is 237 g/mol. The zero-order valence-electron chi connectivity index (χ0n) is 10.7. The van der Waals surface area contributed by atoms with Gasteiger partial charge in [-0.1, -0.05) is 0 Å². The lowest BCUT2D eigenvalue weighted by molar-refractivity contribution is -0.0124. The summed E-state index contributed by atoms with van der Waals surface area (Å²) in [6.45, 7) is 4.26. The lowest BCUT2D eigenvalue weighted by atomic mass is 10.2. The fraction of sp³-hybridized carbons (Fsp3) is 0.538. The van der Waals surface area contributed by atoms with Crippen LogP contribution in [0.25, 0.3) is 0 Å². The molecule has 0 aromatic heterocycles. The molecule has 4 nitrogen and oxygen atoms in total. The number of hydrogen-bond donors (Lipinski definition) is 2. The highest BCUT2D eigenvalue weighted by Gasteiger charge is 2.09. The monoisotopic (exact) mass is 257 g/mol. The number of aliphatic hydroxyl groups is 1. The quantitative estimate of drug-likeness (QED) is 0.776. The lowest BCUT2D eigenvalue weighted by Crippen LogP contribution is -2.25. The molecule has 1 rings (SSSR count). The van der Waals surface area contributed by atoms with Gasteiger partial charge in [-0.25, -0.2) is 4.39 Å². The molecule has 1 unspecified atom stereocenters. The highest BCUT2D eigenvalue weighted by atomic mass is 19.1. The molecule has 0 aliphatic carbocycles. The van der Waals surface area contributed by atoms with E-state index in [1.165, 1.54) is 18.2 Å². The number of aliphatic hydroxyl groups excluding tert-OH is 1. The van der Waals surface area contributed by atoms with Gasteiger partial charge in [-0.05, 0) is 32.0 Å². The van der Waals surface area contributed by atoms with E-state index < -0.39 is 6.10 Å². The first kappa shape index (κ1) is 14.9. The van der Waals surface area contributed by atoms with Gasteiger partial charge in [0.25, 0.3) is 0 Å². The van der Waals surface area contributed by atoms with E-state index in [1.807, 2.05) is 13.8 Å². The first-order valence-electron chi connectivity index (χ1n) is 5.94. The first-order valence-corrected chi connectivity index (χ1v) is 5.94. The van der Waals surface area contributed by atoms with Gasteiger partial charge in [0.05, 0.1) is 12.7 Å². The molecule has 0 heterocycles. The predicted molar refractivity (Wildman–Crippen MR) is 66.9 cm³/mol. The molecule has 0 amide bonds. The van der Waals surface area contributed by atoms with E-state index in [0.29, 0.717) is 11.3 Å². The molecular formula is C13H20FNO3. The van der Waals surface area contributed by atoms with Gasteiger partial charge in [0.15, 0.2) is 0 Å². The Morgan fingerprint density at radius 2 is 2.06 bits per heavy atom. The van der Waals surface area contributed by atoms with Crippen molar-refractivity contribution in [3.8, 4) is 5.75 Å². The van der Waals surface area contributed by atoms with Gasteiger partial charge in [0.1, 0.15) is 24.3 Å². The van der Waals surface area contributed by atoms with E-state index >= 15 is 0 Å². The van der Waals surface area contributed by atoms with Gasteiger partial charge >= 0.3 is 0 Å². The van der Waals surface area contributed by atoms with Crippen molar-refractivity contribution < 1.29 is 19.0 Å². The normalized spacial score (nSPS) is 12.8. The summed E-state index contributed by atoms with van der Waals surface area (Å²) in [7, 11) is 0.